The molecule has 0 saturated carbocycles. The molecule has 17 nitrogen and oxygen atoms in total. The third-order valence-corrected chi connectivity index (χ3v) is 13.2. The van der Waals surface area contributed by atoms with Crippen LogP contribution in [0, 0.1) is 0 Å². The van der Waals surface area contributed by atoms with Crippen molar-refractivity contribution in [3.05, 3.63) is 83.6 Å². The molecule has 0 aliphatic carbocycles. The van der Waals surface area contributed by atoms with Crippen LogP contribution in [0.1, 0.15) is 76.3 Å². The number of aliphatic carboxylic acids is 1. The summed E-state index contributed by atoms with van der Waals surface area (Å²) in [5.74, 6) is -1.35. The molecule has 0 aromatic heterocycles. The van der Waals surface area contributed by atoms with Crippen LogP contribution in [-0.2, 0) is 59.7 Å². The Labute approximate surface area is 370 Å². The van der Waals surface area contributed by atoms with Crippen LogP contribution in [0.15, 0.2) is 82.3 Å². The smallest absolute Gasteiger partial charge is 0.303 e. The van der Waals surface area contributed by atoms with Gasteiger partial charge in [-0.25, -0.2) is 8.42 Å². The lowest BCUT2D eigenvalue weighted by Gasteiger charge is -2.30. The summed E-state index contributed by atoms with van der Waals surface area (Å²) in [5, 5.41) is 14.8. The van der Waals surface area contributed by atoms with E-state index in [4.69, 9.17) is 14.2 Å². The third kappa shape index (κ3) is 13.2. The Balaban J connectivity index is 1.80. The van der Waals surface area contributed by atoms with Gasteiger partial charge in [-0.1, -0.05) is 24.6 Å². The first-order valence-electron chi connectivity index (χ1n) is 20.7. The molecule has 0 fully saturated rings. The van der Waals surface area contributed by atoms with Crippen LogP contribution in [0.25, 0.3) is 0 Å². The maximum atomic E-state index is 13.0. The summed E-state index contributed by atoms with van der Waals surface area (Å²) in [6.45, 7) is 6.22. The van der Waals surface area contributed by atoms with Crippen LogP contribution in [0.2, 0.25) is 0 Å². The molecule has 0 bridgehead atoms. The minimum atomic E-state index is -4.83. The molecule has 2 unspecified atom stereocenters. The van der Waals surface area contributed by atoms with Gasteiger partial charge in [-0.05, 0) is 81.5 Å². The van der Waals surface area contributed by atoms with Crippen molar-refractivity contribution in [1.29, 1.82) is 0 Å². The number of rotatable bonds is 26. The average Bonchev–Trinajstić information content (AvgIpc) is 3.60. The van der Waals surface area contributed by atoms with E-state index in [0.29, 0.717) is 87.8 Å². The van der Waals surface area contributed by atoms with Crippen LogP contribution in [0.4, 0.5) is 11.4 Å². The van der Waals surface area contributed by atoms with E-state index in [1.165, 1.54) is 38.5 Å². The standard InChI is InChI=1S/C44H60N4O13S2/c1-43(21-19-40(49)45-23-27-59-3)34-30-32(62(53,54)55)15-17-36(34)47(25-11-7-10-14-42(51)52)38(43)12-8-6-9-13-39-44(2,22-20-41(50)46-24-28-60-4)35-31-33(63(56,57)58)16-18-37(35)48(39)26-29-61-5/h6,8-9,12-13,15-18,30-31H,7,10-11,14,19-29H2,1-5H3,(H4-,45,46,49,50,51,52,53,54,55,56,57,58). The summed E-state index contributed by atoms with van der Waals surface area (Å²) < 4.78 is 88.9. The zero-order valence-electron chi connectivity index (χ0n) is 36.6. The second-order valence-corrected chi connectivity index (χ2v) is 18.6. The van der Waals surface area contributed by atoms with Crippen LogP contribution in [0.5, 0.6) is 0 Å². The van der Waals surface area contributed by atoms with Crippen LogP contribution >= 0.6 is 0 Å². The van der Waals surface area contributed by atoms with Crippen molar-refractivity contribution in [2.24, 2.45) is 0 Å². The Morgan fingerprint density at radius 1 is 0.778 bits per heavy atom. The fraction of sp³-hybridized carbons (Fsp3) is 0.500. The molecular weight excluding hydrogens is 857 g/mol. The third-order valence-electron chi connectivity index (χ3n) is 11.5. The van der Waals surface area contributed by atoms with E-state index in [9.17, 15) is 45.4 Å². The highest BCUT2D eigenvalue weighted by molar-refractivity contribution is 7.86. The molecule has 2 heterocycles. The number of amides is 2. The Bertz CT molecular complexity index is 2330. The minimum Gasteiger partial charge on any atom is -0.744 e. The highest BCUT2D eigenvalue weighted by Crippen LogP contribution is 2.51. The Morgan fingerprint density at radius 2 is 1.38 bits per heavy atom. The van der Waals surface area contributed by atoms with Crippen molar-refractivity contribution in [2.45, 2.75) is 85.8 Å². The van der Waals surface area contributed by atoms with Crippen LogP contribution in [0.3, 0.4) is 0 Å². The van der Waals surface area contributed by atoms with Crippen molar-refractivity contribution < 1.29 is 64.2 Å². The first-order chi connectivity index (χ1) is 29.8. The molecule has 2 aromatic rings. The second-order valence-electron chi connectivity index (χ2n) is 15.8. The summed E-state index contributed by atoms with van der Waals surface area (Å²) in [4.78, 5) is 38.5. The van der Waals surface area contributed by atoms with Crippen molar-refractivity contribution in [3.8, 4) is 0 Å². The van der Waals surface area contributed by atoms with Gasteiger partial charge in [0.2, 0.25) is 17.5 Å². The minimum absolute atomic E-state index is 0.0181. The molecule has 4 N–H and O–H groups in total. The number of ether oxygens (including phenoxy) is 3. The van der Waals surface area contributed by atoms with Gasteiger partial charge in [-0.2, -0.15) is 13.0 Å². The number of carbonyl (C=O) groups excluding carboxylic acids is 2. The number of carboxylic acid groups (broad SMARTS) is 1. The van der Waals surface area contributed by atoms with E-state index in [0.717, 1.165) is 11.4 Å². The Morgan fingerprint density at radius 3 is 1.97 bits per heavy atom. The summed E-state index contributed by atoms with van der Waals surface area (Å²) in [7, 11) is -4.76. The summed E-state index contributed by atoms with van der Waals surface area (Å²) in [5.41, 5.74) is 2.14. The lowest BCUT2D eigenvalue weighted by molar-refractivity contribution is -0.441. The molecule has 0 saturated heterocycles. The van der Waals surface area contributed by atoms with E-state index < -0.39 is 41.9 Å². The van der Waals surface area contributed by atoms with E-state index in [1.807, 2.05) is 35.5 Å². The van der Waals surface area contributed by atoms with E-state index in [1.54, 1.807) is 37.5 Å². The molecule has 2 aliphatic heterocycles. The largest absolute Gasteiger partial charge is 0.744 e. The topological polar surface area (TPSA) is 241 Å². The summed E-state index contributed by atoms with van der Waals surface area (Å²) in [6, 6.07) is 8.62. The predicted molar refractivity (Wildman–Crippen MR) is 235 cm³/mol. The molecule has 2 aliphatic rings. The predicted octanol–water partition coefficient (Wildman–Crippen LogP) is 4.34. The van der Waals surface area contributed by atoms with Gasteiger partial charge in [0, 0.05) is 94.7 Å². The van der Waals surface area contributed by atoms with Crippen LogP contribution < -0.4 is 15.5 Å². The van der Waals surface area contributed by atoms with E-state index in [2.05, 4.69) is 10.6 Å². The highest BCUT2D eigenvalue weighted by atomic mass is 32.2. The lowest BCUT2D eigenvalue weighted by Crippen LogP contribution is -2.35. The number of benzene rings is 2. The fourth-order valence-electron chi connectivity index (χ4n) is 8.14. The van der Waals surface area contributed by atoms with Crippen molar-refractivity contribution >= 4 is 55.1 Å². The molecule has 4 rings (SSSR count). The van der Waals surface area contributed by atoms with Gasteiger partial charge in [0.1, 0.15) is 16.7 Å². The quantitative estimate of drug-likeness (QED) is 0.0445. The number of unbranched alkanes of at least 4 members (excludes halogenated alkanes) is 2. The molecular formula is C44H60N4O13S2. The molecule has 63 heavy (non-hydrogen) atoms. The highest BCUT2D eigenvalue weighted by Gasteiger charge is 2.48. The molecule has 2 aromatic carbocycles. The van der Waals surface area contributed by atoms with Gasteiger partial charge in [0.05, 0.1) is 28.4 Å². The number of hydrogen-bond donors (Lipinski definition) is 4. The number of methoxy groups -OCH3 is 3. The summed E-state index contributed by atoms with van der Waals surface area (Å²) in [6.07, 6.45) is 11.5. The lowest BCUT2D eigenvalue weighted by atomic mass is 9.75. The van der Waals surface area contributed by atoms with Gasteiger partial charge < -0.3 is 39.4 Å². The first-order valence-corrected chi connectivity index (χ1v) is 23.6. The normalized spacial score (nSPS) is 19.3. The molecule has 19 heteroatoms. The first kappa shape index (κ1) is 50.9. The number of carbonyl (C=O) groups is 3. The number of fused-ring (bicyclic) bond motifs is 2. The van der Waals surface area contributed by atoms with Gasteiger partial charge in [0.25, 0.3) is 10.1 Å². The SMILES string of the molecule is COCCNC(=O)CCC1(C)C(/C=C/C=C/C=C2/N(CCCCCC(=O)O)c3ccc(S(=O)(=O)[O-])cc3C2(C)CCC(=O)NCCOC)=[N+](CCOC)c2ccc(S(=O)(=O)O)cc21. The molecule has 2 amide bonds. The van der Waals surface area contributed by atoms with Crippen molar-refractivity contribution in [2.75, 3.05) is 72.2 Å². The maximum absolute atomic E-state index is 13.0. The van der Waals surface area contributed by atoms with Crippen molar-refractivity contribution in [1.82, 2.24) is 10.6 Å². The zero-order valence-corrected chi connectivity index (χ0v) is 38.2. The van der Waals surface area contributed by atoms with E-state index >= 15 is 0 Å². The molecule has 0 spiro atoms. The fourth-order valence-corrected chi connectivity index (χ4v) is 9.14. The van der Waals surface area contributed by atoms with Gasteiger partial charge in [-0.15, -0.1) is 0 Å². The number of carboxylic acids is 1. The second kappa shape index (κ2) is 22.7. The molecule has 346 valence electrons. The Hall–Kier alpha value is -4.76. The van der Waals surface area contributed by atoms with E-state index in [-0.39, 0.29) is 48.8 Å². The molecule has 2 atom stereocenters. The summed E-state index contributed by atoms with van der Waals surface area (Å²) >= 11 is 0. The Kier molecular flexibility index (Phi) is 18.4. The van der Waals surface area contributed by atoms with Gasteiger partial charge in [0.15, 0.2) is 12.3 Å². The number of hydrogen-bond acceptors (Lipinski definition) is 12. The number of allylic oxidation sites excluding steroid dienone is 6. The van der Waals surface area contributed by atoms with Crippen LogP contribution in [-0.4, -0.2) is 126 Å². The van der Waals surface area contributed by atoms with Gasteiger partial charge >= 0.3 is 5.97 Å². The zero-order chi connectivity index (χ0) is 46.4. The maximum Gasteiger partial charge on any atom is 0.303 e. The molecule has 0 radical (unpaired) electrons. The monoisotopic (exact) mass is 916 g/mol. The number of nitrogens with zero attached hydrogens (tertiary/aromatic N) is 2. The van der Waals surface area contributed by atoms with Crippen molar-refractivity contribution in [3.63, 3.8) is 0 Å². The number of anilines is 1. The number of nitrogens with one attached hydrogen (secondary N) is 2. The van der Waals surface area contributed by atoms with Gasteiger partial charge in [-0.3, -0.25) is 18.9 Å². The average molecular weight is 917 g/mol.